The summed E-state index contributed by atoms with van der Waals surface area (Å²) in [6.45, 7) is 5.55. The van der Waals surface area contributed by atoms with E-state index in [9.17, 15) is 4.79 Å². The average molecular weight is 254 g/mol. The van der Waals surface area contributed by atoms with Gasteiger partial charge < -0.3 is 16.0 Å². The molecule has 18 heavy (non-hydrogen) atoms. The number of hydrogen-bond donors (Lipinski definition) is 2. The van der Waals surface area contributed by atoms with E-state index in [2.05, 4.69) is 22.2 Å². The molecule has 2 aliphatic rings. The fraction of sp³-hybridized carbons (Fsp3) is 0.923. The van der Waals surface area contributed by atoms with E-state index in [0.717, 1.165) is 45.6 Å². The molecule has 3 N–H and O–H groups in total. The van der Waals surface area contributed by atoms with E-state index in [4.69, 9.17) is 5.73 Å². The van der Waals surface area contributed by atoms with Gasteiger partial charge in [-0.25, -0.2) is 0 Å². The van der Waals surface area contributed by atoms with Gasteiger partial charge >= 0.3 is 0 Å². The van der Waals surface area contributed by atoms with Gasteiger partial charge in [0, 0.05) is 32.2 Å². The van der Waals surface area contributed by atoms with Crippen LogP contribution < -0.4 is 11.1 Å². The maximum absolute atomic E-state index is 11.8. The predicted molar refractivity (Wildman–Crippen MR) is 72.3 cm³/mol. The van der Waals surface area contributed by atoms with Crippen molar-refractivity contribution < 1.29 is 4.79 Å². The topological polar surface area (TPSA) is 61.6 Å². The van der Waals surface area contributed by atoms with Crippen LogP contribution in [0.3, 0.4) is 0 Å². The molecule has 2 heterocycles. The highest BCUT2D eigenvalue weighted by molar-refractivity contribution is 5.78. The highest BCUT2D eigenvalue weighted by Crippen LogP contribution is 2.13. The summed E-state index contributed by atoms with van der Waals surface area (Å²) >= 11 is 0. The maximum atomic E-state index is 11.8. The number of piperidine rings is 1. The van der Waals surface area contributed by atoms with Gasteiger partial charge in [-0.3, -0.25) is 9.69 Å². The summed E-state index contributed by atoms with van der Waals surface area (Å²) in [6.07, 6.45) is 3.23. The average Bonchev–Trinajstić information content (AvgIpc) is 2.76. The highest BCUT2D eigenvalue weighted by Gasteiger charge is 2.21. The van der Waals surface area contributed by atoms with Crippen molar-refractivity contribution in [3.8, 4) is 0 Å². The number of hydrogen-bond acceptors (Lipinski definition) is 4. The first-order valence-electron chi connectivity index (χ1n) is 7.06. The number of carbonyl (C=O) groups excluding carboxylic acids is 1. The lowest BCUT2D eigenvalue weighted by Gasteiger charge is -2.29. The molecule has 1 atom stereocenters. The van der Waals surface area contributed by atoms with Crippen LogP contribution in [0, 0.1) is 5.92 Å². The van der Waals surface area contributed by atoms with Crippen LogP contribution in [0.25, 0.3) is 0 Å². The Balaban J connectivity index is 1.60. The van der Waals surface area contributed by atoms with E-state index >= 15 is 0 Å². The number of carbonyl (C=O) groups is 1. The van der Waals surface area contributed by atoms with Crippen molar-refractivity contribution in [2.45, 2.75) is 25.3 Å². The van der Waals surface area contributed by atoms with Crippen LogP contribution in [0.4, 0.5) is 0 Å². The second kappa shape index (κ2) is 6.50. The third-order valence-corrected chi connectivity index (χ3v) is 4.08. The minimum Gasteiger partial charge on any atom is -0.355 e. The molecule has 0 aromatic rings. The van der Waals surface area contributed by atoms with Crippen LogP contribution in [0.5, 0.6) is 0 Å². The molecule has 0 radical (unpaired) electrons. The fourth-order valence-corrected chi connectivity index (χ4v) is 2.82. The van der Waals surface area contributed by atoms with Gasteiger partial charge in [0.25, 0.3) is 0 Å². The molecular formula is C13H26N4O. The van der Waals surface area contributed by atoms with E-state index in [1.165, 1.54) is 6.42 Å². The van der Waals surface area contributed by atoms with Crippen molar-refractivity contribution in [3.05, 3.63) is 0 Å². The third kappa shape index (κ3) is 4.23. The molecule has 2 fully saturated rings. The van der Waals surface area contributed by atoms with Crippen molar-refractivity contribution in [2.24, 2.45) is 11.7 Å². The molecule has 1 unspecified atom stereocenters. The van der Waals surface area contributed by atoms with E-state index in [0.29, 0.717) is 18.5 Å². The Bertz CT molecular complexity index is 276. The Morgan fingerprint density at radius 1 is 1.28 bits per heavy atom. The Kier molecular flexibility index (Phi) is 4.97. The Morgan fingerprint density at radius 2 is 2.00 bits per heavy atom. The van der Waals surface area contributed by atoms with Crippen molar-refractivity contribution in [2.75, 3.05) is 46.3 Å². The van der Waals surface area contributed by atoms with E-state index in [-0.39, 0.29) is 5.91 Å². The van der Waals surface area contributed by atoms with Gasteiger partial charge in [-0.2, -0.15) is 0 Å². The zero-order valence-electron chi connectivity index (χ0n) is 11.4. The van der Waals surface area contributed by atoms with E-state index in [1.807, 2.05) is 0 Å². The van der Waals surface area contributed by atoms with Crippen molar-refractivity contribution in [1.29, 1.82) is 0 Å². The normalized spacial score (nSPS) is 27.6. The standard InChI is InChI=1S/C13H26N4O/c1-16-5-2-11(9-16)8-15-13(18)10-17-6-3-12(14)4-7-17/h11-12H,2-10,14H2,1H3,(H,15,18). The molecule has 104 valence electrons. The molecule has 1 amide bonds. The first kappa shape index (κ1) is 13.8. The zero-order chi connectivity index (χ0) is 13.0. The monoisotopic (exact) mass is 254 g/mol. The highest BCUT2D eigenvalue weighted by atomic mass is 16.2. The van der Waals surface area contributed by atoms with Crippen LogP contribution in [0.1, 0.15) is 19.3 Å². The molecule has 0 saturated carbocycles. The van der Waals surface area contributed by atoms with Gasteiger partial charge in [-0.05, 0) is 38.8 Å². The second-order valence-corrected chi connectivity index (χ2v) is 5.83. The van der Waals surface area contributed by atoms with Crippen LogP contribution in [0.2, 0.25) is 0 Å². The summed E-state index contributed by atoms with van der Waals surface area (Å²) in [5, 5.41) is 3.07. The molecule has 0 aromatic heterocycles. The zero-order valence-corrected chi connectivity index (χ0v) is 11.4. The van der Waals surface area contributed by atoms with Gasteiger partial charge in [0.1, 0.15) is 0 Å². The van der Waals surface area contributed by atoms with Crippen LogP contribution >= 0.6 is 0 Å². The van der Waals surface area contributed by atoms with Gasteiger partial charge in [-0.1, -0.05) is 0 Å². The molecule has 5 heteroatoms. The molecule has 0 aliphatic carbocycles. The molecule has 2 aliphatic heterocycles. The van der Waals surface area contributed by atoms with Crippen LogP contribution in [-0.4, -0.2) is 68.1 Å². The third-order valence-electron chi connectivity index (χ3n) is 4.08. The van der Waals surface area contributed by atoms with Gasteiger partial charge in [0.15, 0.2) is 0 Å². The van der Waals surface area contributed by atoms with Gasteiger partial charge in [-0.15, -0.1) is 0 Å². The molecule has 0 aromatic carbocycles. The lowest BCUT2D eigenvalue weighted by atomic mass is 10.1. The number of rotatable bonds is 4. The fourth-order valence-electron chi connectivity index (χ4n) is 2.82. The summed E-state index contributed by atoms with van der Waals surface area (Å²) in [5.74, 6) is 0.800. The summed E-state index contributed by atoms with van der Waals surface area (Å²) in [6, 6.07) is 0.332. The van der Waals surface area contributed by atoms with Crippen LogP contribution in [-0.2, 0) is 4.79 Å². The second-order valence-electron chi connectivity index (χ2n) is 5.83. The molecule has 0 bridgehead atoms. The van der Waals surface area contributed by atoms with Gasteiger partial charge in [0.05, 0.1) is 6.54 Å². The molecule has 5 nitrogen and oxygen atoms in total. The van der Waals surface area contributed by atoms with E-state index < -0.39 is 0 Å². The van der Waals surface area contributed by atoms with E-state index in [1.54, 1.807) is 0 Å². The smallest absolute Gasteiger partial charge is 0.234 e. The van der Waals surface area contributed by atoms with Crippen molar-refractivity contribution >= 4 is 5.91 Å². The van der Waals surface area contributed by atoms with Gasteiger partial charge in [0.2, 0.25) is 5.91 Å². The summed E-state index contributed by atoms with van der Waals surface area (Å²) in [5.41, 5.74) is 5.85. The lowest BCUT2D eigenvalue weighted by Crippen LogP contribution is -2.45. The minimum atomic E-state index is 0.167. The minimum absolute atomic E-state index is 0.167. The number of amides is 1. The van der Waals surface area contributed by atoms with Crippen molar-refractivity contribution in [1.82, 2.24) is 15.1 Å². The molecule has 0 spiro atoms. The molecule has 2 rings (SSSR count). The Morgan fingerprint density at radius 3 is 2.61 bits per heavy atom. The maximum Gasteiger partial charge on any atom is 0.234 e. The summed E-state index contributed by atoms with van der Waals surface area (Å²) < 4.78 is 0. The number of nitrogens with zero attached hydrogens (tertiary/aromatic N) is 2. The largest absolute Gasteiger partial charge is 0.355 e. The first-order chi connectivity index (χ1) is 8.63. The number of nitrogens with two attached hydrogens (primary N) is 1. The molecule has 2 saturated heterocycles. The molecular weight excluding hydrogens is 228 g/mol. The van der Waals surface area contributed by atoms with Crippen LogP contribution in [0.15, 0.2) is 0 Å². The quantitative estimate of drug-likeness (QED) is 0.708. The summed E-state index contributed by atoms with van der Waals surface area (Å²) in [4.78, 5) is 16.4. The Hall–Kier alpha value is -0.650. The number of likely N-dealkylation sites (tertiary alicyclic amines) is 2. The lowest BCUT2D eigenvalue weighted by molar-refractivity contribution is -0.122. The first-order valence-corrected chi connectivity index (χ1v) is 7.06. The predicted octanol–water partition coefficient (Wildman–Crippen LogP) is -0.523. The number of nitrogens with one attached hydrogen (secondary N) is 1. The van der Waals surface area contributed by atoms with Crippen molar-refractivity contribution in [3.63, 3.8) is 0 Å². The SMILES string of the molecule is CN1CCC(CNC(=O)CN2CCC(N)CC2)C1. The Labute approximate surface area is 110 Å². The summed E-state index contributed by atoms with van der Waals surface area (Å²) in [7, 11) is 2.14.